The molecule has 0 fully saturated rings. The Hall–Kier alpha value is -3.36. The molecule has 1 atom stereocenters. The van der Waals surface area contributed by atoms with Crippen molar-refractivity contribution in [3.8, 4) is 23.1 Å². The number of aliphatic hydroxyl groups excluding tert-OH is 1. The summed E-state index contributed by atoms with van der Waals surface area (Å²) in [7, 11) is 0. The number of hydrogen-bond acceptors (Lipinski definition) is 8. The molecule has 2 N–H and O–H groups in total. The van der Waals surface area contributed by atoms with E-state index in [-0.39, 0.29) is 12.5 Å². The first-order valence-electron chi connectivity index (χ1n) is 10.7. The minimum absolute atomic E-state index is 0.159. The molecule has 2 aromatic heterocycles. The first kappa shape index (κ1) is 21.9. The maximum atomic E-state index is 10.0. The highest BCUT2D eigenvalue weighted by Gasteiger charge is 2.15. The van der Waals surface area contributed by atoms with Crippen LogP contribution in [0.1, 0.15) is 25.7 Å². The molecule has 4 aromatic rings. The molecular weight excluding hydrogens is 410 g/mol. The average molecular weight is 437 g/mol. The lowest BCUT2D eigenvalue weighted by Crippen LogP contribution is -2.33. The number of hydrogen-bond donors (Lipinski definition) is 2. The smallest absolute Gasteiger partial charge is 0.238 e. The van der Waals surface area contributed by atoms with Crippen LogP contribution in [0.25, 0.3) is 22.6 Å². The Bertz CT molecular complexity index is 1120. The number of ether oxygens (including phenoxy) is 2. The fourth-order valence-corrected chi connectivity index (χ4v) is 3.07. The van der Waals surface area contributed by atoms with Gasteiger partial charge in [0.05, 0.1) is 0 Å². The second-order valence-electron chi connectivity index (χ2n) is 7.75. The number of nitrogens with zero attached hydrogens (tertiary/aromatic N) is 2. The predicted molar refractivity (Wildman–Crippen MR) is 120 cm³/mol. The molecule has 8 heteroatoms. The van der Waals surface area contributed by atoms with Gasteiger partial charge in [-0.25, -0.2) is 0 Å². The van der Waals surface area contributed by atoms with E-state index in [1.54, 1.807) is 0 Å². The summed E-state index contributed by atoms with van der Waals surface area (Å²) in [6.45, 7) is 5.70. The summed E-state index contributed by atoms with van der Waals surface area (Å²) in [5.41, 5.74) is 0.725. The van der Waals surface area contributed by atoms with Crippen LogP contribution in [-0.2, 0) is 0 Å². The van der Waals surface area contributed by atoms with Crippen LogP contribution in [0.2, 0.25) is 0 Å². The summed E-state index contributed by atoms with van der Waals surface area (Å²) < 4.78 is 22.4. The number of benzene rings is 2. The normalized spacial score (nSPS) is 12.4. The zero-order valence-corrected chi connectivity index (χ0v) is 18.2. The SMILES string of the molecule is CC(C)c1nc(-c2cc3cc(OCCNC[C@H](O)COc4ccccc4)ccc3o2)no1. The van der Waals surface area contributed by atoms with E-state index in [1.807, 2.05) is 68.4 Å². The van der Waals surface area contributed by atoms with E-state index in [9.17, 15) is 5.11 Å². The van der Waals surface area contributed by atoms with Crippen molar-refractivity contribution in [3.05, 3.63) is 60.5 Å². The molecule has 0 bridgehead atoms. The Morgan fingerprint density at radius 1 is 1.03 bits per heavy atom. The van der Waals surface area contributed by atoms with Gasteiger partial charge in [0.1, 0.15) is 36.4 Å². The number of nitrogens with one attached hydrogen (secondary N) is 1. The van der Waals surface area contributed by atoms with Gasteiger partial charge >= 0.3 is 0 Å². The standard InChI is InChI=1S/C24H27N3O5/c1-16(2)24-26-23(27-32-24)22-13-17-12-20(8-9-21(17)31-22)29-11-10-25-14-18(28)15-30-19-6-4-3-5-7-19/h3-9,12-13,16,18,25,28H,10-11,14-15H2,1-2H3/t18-/m0/s1. The molecule has 0 unspecified atom stereocenters. The Labute approximate surface area is 186 Å². The van der Waals surface area contributed by atoms with Crippen LogP contribution in [0.4, 0.5) is 0 Å². The summed E-state index contributed by atoms with van der Waals surface area (Å²) >= 11 is 0. The van der Waals surface area contributed by atoms with Crippen LogP contribution in [0.5, 0.6) is 11.5 Å². The highest BCUT2D eigenvalue weighted by atomic mass is 16.5. The van der Waals surface area contributed by atoms with Gasteiger partial charge in [0.2, 0.25) is 11.7 Å². The second kappa shape index (κ2) is 10.3. The molecule has 0 amide bonds. The molecule has 0 saturated heterocycles. The van der Waals surface area contributed by atoms with Crippen LogP contribution in [0, 0.1) is 0 Å². The Morgan fingerprint density at radius 2 is 1.88 bits per heavy atom. The van der Waals surface area contributed by atoms with E-state index in [0.29, 0.717) is 37.2 Å². The summed E-state index contributed by atoms with van der Waals surface area (Å²) in [5.74, 6) is 3.20. The maximum Gasteiger partial charge on any atom is 0.238 e. The highest BCUT2D eigenvalue weighted by Crippen LogP contribution is 2.29. The molecule has 0 radical (unpaired) electrons. The summed E-state index contributed by atoms with van der Waals surface area (Å²) in [6, 6.07) is 16.9. The lowest BCUT2D eigenvalue weighted by Gasteiger charge is -2.13. The van der Waals surface area contributed by atoms with Crippen molar-refractivity contribution in [1.29, 1.82) is 0 Å². The van der Waals surface area contributed by atoms with Crippen molar-refractivity contribution in [3.63, 3.8) is 0 Å². The van der Waals surface area contributed by atoms with E-state index < -0.39 is 6.10 Å². The minimum Gasteiger partial charge on any atom is -0.492 e. The molecule has 0 spiro atoms. The Balaban J connectivity index is 1.22. The number of aliphatic hydroxyl groups is 1. The molecule has 0 saturated carbocycles. The van der Waals surface area contributed by atoms with E-state index in [4.69, 9.17) is 18.4 Å². The van der Waals surface area contributed by atoms with Gasteiger partial charge in [-0.15, -0.1) is 0 Å². The van der Waals surface area contributed by atoms with Crippen LogP contribution in [0.3, 0.4) is 0 Å². The first-order chi connectivity index (χ1) is 15.6. The number of aromatic nitrogens is 2. The Morgan fingerprint density at radius 3 is 2.66 bits per heavy atom. The Kier molecular flexibility index (Phi) is 7.03. The van der Waals surface area contributed by atoms with Gasteiger partial charge in [-0.1, -0.05) is 37.2 Å². The molecule has 0 aliphatic heterocycles. The fraction of sp³-hybridized carbons (Fsp3) is 0.333. The van der Waals surface area contributed by atoms with Gasteiger partial charge in [-0.2, -0.15) is 4.98 Å². The van der Waals surface area contributed by atoms with Crippen molar-refractivity contribution in [2.75, 3.05) is 26.3 Å². The molecule has 8 nitrogen and oxygen atoms in total. The van der Waals surface area contributed by atoms with Crippen molar-refractivity contribution in [2.24, 2.45) is 0 Å². The monoisotopic (exact) mass is 437 g/mol. The van der Waals surface area contributed by atoms with Gasteiger partial charge in [-0.05, 0) is 36.4 Å². The van der Waals surface area contributed by atoms with E-state index in [1.165, 1.54) is 0 Å². The topological polar surface area (TPSA) is 103 Å². The third-order valence-corrected chi connectivity index (χ3v) is 4.76. The van der Waals surface area contributed by atoms with E-state index in [2.05, 4.69) is 15.5 Å². The zero-order chi connectivity index (χ0) is 22.3. The third kappa shape index (κ3) is 5.66. The lowest BCUT2D eigenvalue weighted by atomic mass is 10.2. The average Bonchev–Trinajstić information content (AvgIpc) is 3.45. The van der Waals surface area contributed by atoms with Crippen LogP contribution < -0.4 is 14.8 Å². The summed E-state index contributed by atoms with van der Waals surface area (Å²) in [6.07, 6.45) is -0.600. The third-order valence-electron chi connectivity index (χ3n) is 4.76. The van der Waals surface area contributed by atoms with E-state index in [0.717, 1.165) is 22.5 Å². The van der Waals surface area contributed by atoms with Crippen LogP contribution in [-0.4, -0.2) is 47.7 Å². The number of rotatable bonds is 11. The lowest BCUT2D eigenvalue weighted by molar-refractivity contribution is 0.105. The molecule has 0 aliphatic rings. The molecule has 32 heavy (non-hydrogen) atoms. The van der Waals surface area contributed by atoms with Gasteiger partial charge in [0.25, 0.3) is 0 Å². The summed E-state index contributed by atoms with van der Waals surface area (Å²) in [5, 5.41) is 18.1. The van der Waals surface area contributed by atoms with Crippen LogP contribution >= 0.6 is 0 Å². The molecular formula is C24H27N3O5. The molecule has 0 aliphatic carbocycles. The number of fused-ring (bicyclic) bond motifs is 1. The molecule has 168 valence electrons. The van der Waals surface area contributed by atoms with Gasteiger partial charge in [0.15, 0.2) is 5.76 Å². The molecule has 2 heterocycles. The largest absolute Gasteiger partial charge is 0.492 e. The first-order valence-corrected chi connectivity index (χ1v) is 10.7. The van der Waals surface area contributed by atoms with Gasteiger partial charge < -0.3 is 28.8 Å². The molecule has 4 rings (SSSR count). The van der Waals surface area contributed by atoms with Crippen molar-refractivity contribution in [2.45, 2.75) is 25.9 Å². The van der Waals surface area contributed by atoms with Crippen molar-refractivity contribution in [1.82, 2.24) is 15.5 Å². The zero-order valence-electron chi connectivity index (χ0n) is 18.2. The van der Waals surface area contributed by atoms with Gasteiger partial charge in [0, 0.05) is 24.4 Å². The highest BCUT2D eigenvalue weighted by molar-refractivity contribution is 5.83. The minimum atomic E-state index is -0.600. The summed E-state index contributed by atoms with van der Waals surface area (Å²) in [4.78, 5) is 4.37. The van der Waals surface area contributed by atoms with Crippen molar-refractivity contribution < 1.29 is 23.5 Å². The predicted octanol–water partition coefficient (Wildman–Crippen LogP) is 4.01. The van der Waals surface area contributed by atoms with E-state index >= 15 is 0 Å². The quantitative estimate of drug-likeness (QED) is 0.339. The fourth-order valence-electron chi connectivity index (χ4n) is 3.07. The number of para-hydroxylation sites is 1. The van der Waals surface area contributed by atoms with Gasteiger partial charge in [-0.3, -0.25) is 0 Å². The van der Waals surface area contributed by atoms with Crippen molar-refractivity contribution >= 4 is 11.0 Å². The molecule has 2 aromatic carbocycles. The number of furan rings is 1. The second-order valence-corrected chi connectivity index (χ2v) is 7.75. The van der Waals surface area contributed by atoms with Crippen LogP contribution in [0.15, 0.2) is 63.5 Å². The maximum absolute atomic E-state index is 10.0.